The van der Waals surface area contributed by atoms with Gasteiger partial charge in [-0.05, 0) is 96.8 Å². The van der Waals surface area contributed by atoms with Gasteiger partial charge in [0, 0.05) is 52.0 Å². The zero-order valence-electron chi connectivity index (χ0n) is 24.6. The molecule has 1 saturated heterocycles. The molecule has 0 radical (unpaired) electrons. The molecule has 3 atom stereocenters. The number of hydrogen-bond acceptors (Lipinski definition) is 8. The maximum atomic E-state index is 13.7. The van der Waals surface area contributed by atoms with Crippen molar-refractivity contribution in [2.75, 3.05) is 16.8 Å². The minimum Gasteiger partial charge on any atom is -0.367 e. The van der Waals surface area contributed by atoms with Gasteiger partial charge in [-0.15, -0.1) is 0 Å². The Kier molecular flexibility index (Phi) is 6.92. The summed E-state index contributed by atoms with van der Waals surface area (Å²) < 4.78 is 30.0. The number of anilines is 2. The number of fused-ring (bicyclic) bond motifs is 5. The Bertz CT molecular complexity index is 1650. The van der Waals surface area contributed by atoms with Crippen LogP contribution in [0.1, 0.15) is 75.6 Å². The highest BCUT2D eigenvalue weighted by atomic mass is 79.9. The molecule has 42 heavy (non-hydrogen) atoms. The van der Waals surface area contributed by atoms with Crippen molar-refractivity contribution < 1.29 is 13.2 Å². The highest BCUT2D eigenvalue weighted by Gasteiger charge is 2.63. The summed E-state index contributed by atoms with van der Waals surface area (Å²) >= 11 is 3.46. The quantitative estimate of drug-likeness (QED) is 0.374. The van der Waals surface area contributed by atoms with E-state index in [0.717, 1.165) is 41.7 Å². The van der Waals surface area contributed by atoms with Gasteiger partial charge >= 0.3 is 0 Å². The monoisotopic (exact) mass is 652 g/mol. The molecule has 9 nitrogen and oxygen atoms in total. The fourth-order valence-electron chi connectivity index (χ4n) is 6.73. The van der Waals surface area contributed by atoms with E-state index in [1.165, 1.54) is 6.07 Å². The number of nitrogens with zero attached hydrogens (tertiary/aromatic N) is 4. The third-order valence-corrected chi connectivity index (χ3v) is 10.6. The van der Waals surface area contributed by atoms with Crippen molar-refractivity contribution in [1.82, 2.24) is 19.7 Å². The van der Waals surface area contributed by atoms with E-state index >= 15 is 0 Å². The Labute approximate surface area is 256 Å². The summed E-state index contributed by atoms with van der Waals surface area (Å²) in [5, 5.41) is 3.29. The summed E-state index contributed by atoms with van der Waals surface area (Å²) in [6.07, 6.45) is 5.40. The fraction of sp³-hybridized carbons (Fsp3) is 0.484. The highest BCUT2D eigenvalue weighted by molar-refractivity contribution is 9.10. The first-order valence-corrected chi connectivity index (χ1v) is 16.6. The maximum absolute atomic E-state index is 13.7. The molecule has 3 aromatic rings. The lowest BCUT2D eigenvalue weighted by molar-refractivity contribution is 0.0981. The number of halogens is 1. The van der Waals surface area contributed by atoms with Crippen LogP contribution in [0.25, 0.3) is 0 Å². The number of aromatic nitrogens is 3. The molecular weight excluding hydrogens is 616 g/mol. The number of carbonyl (C=O) groups is 1. The standard InChI is InChI=1S/C31H37BrN6O3S/c1-29(2,3)24-12-11-23-27(35-24)38-18-31(17-30(38,4)5)15-19(31)13-22(14-21-10-9-20(32)16-33-21)34-25-7-6-8-26(36-25)42(40,41)37-28(23)39/h6-12,16,19,22H,13-15,17-18H2,1-5H3,(H,34,36)(H,37,39). The molecule has 1 amide bonds. The number of carbonyl (C=O) groups excluding carboxylic acids is 1. The van der Waals surface area contributed by atoms with Gasteiger partial charge < -0.3 is 10.2 Å². The van der Waals surface area contributed by atoms with Crippen LogP contribution in [0.3, 0.4) is 0 Å². The Morgan fingerprint density at radius 3 is 2.60 bits per heavy atom. The summed E-state index contributed by atoms with van der Waals surface area (Å²) in [7, 11) is -4.25. The van der Waals surface area contributed by atoms with Gasteiger partial charge in [-0.25, -0.2) is 14.7 Å². The molecule has 1 aliphatic carbocycles. The highest BCUT2D eigenvalue weighted by Crippen LogP contribution is 2.64. The molecule has 3 unspecified atom stereocenters. The van der Waals surface area contributed by atoms with E-state index in [0.29, 0.717) is 24.0 Å². The summed E-state index contributed by atoms with van der Waals surface area (Å²) in [5.74, 6) is 0.723. The van der Waals surface area contributed by atoms with Crippen molar-refractivity contribution in [3.8, 4) is 0 Å². The molecule has 2 aliphatic heterocycles. The average Bonchev–Trinajstić information content (AvgIpc) is 3.47. The van der Waals surface area contributed by atoms with E-state index < -0.39 is 15.9 Å². The minimum absolute atomic E-state index is 0.0108. The molecule has 2 N–H and O–H groups in total. The molecule has 0 aromatic carbocycles. The SMILES string of the molecule is CC(C)(C)c1ccc2c(n1)N1CC3(CC3CC(Cc3ccc(Br)cn3)Nc3cccc(n3)S(=O)(=O)NC2=O)CC1(C)C. The van der Waals surface area contributed by atoms with Crippen LogP contribution in [0.2, 0.25) is 0 Å². The zero-order valence-corrected chi connectivity index (χ0v) is 27.0. The Morgan fingerprint density at radius 2 is 1.88 bits per heavy atom. The summed E-state index contributed by atoms with van der Waals surface area (Å²) in [6, 6.07) is 12.3. The van der Waals surface area contributed by atoms with Crippen LogP contribution in [0.5, 0.6) is 0 Å². The van der Waals surface area contributed by atoms with Crippen molar-refractivity contribution in [1.29, 1.82) is 0 Å². The van der Waals surface area contributed by atoms with E-state index in [1.54, 1.807) is 24.4 Å². The smallest absolute Gasteiger partial charge is 0.281 e. The molecule has 222 valence electrons. The molecule has 1 spiro atoms. The maximum Gasteiger partial charge on any atom is 0.281 e. The molecule has 5 heterocycles. The first-order chi connectivity index (χ1) is 19.7. The van der Waals surface area contributed by atoms with Gasteiger partial charge in [0.05, 0.1) is 5.56 Å². The van der Waals surface area contributed by atoms with Gasteiger partial charge in [-0.3, -0.25) is 9.78 Å². The lowest BCUT2D eigenvalue weighted by Gasteiger charge is -2.34. The average molecular weight is 654 g/mol. The Balaban J connectivity index is 1.45. The first kappa shape index (κ1) is 29.0. The van der Waals surface area contributed by atoms with Crippen LogP contribution < -0.4 is 14.9 Å². The summed E-state index contributed by atoms with van der Waals surface area (Å²) in [5.41, 5.74) is 1.61. The first-order valence-electron chi connectivity index (χ1n) is 14.4. The lowest BCUT2D eigenvalue weighted by atomic mass is 9.90. The van der Waals surface area contributed by atoms with Crippen molar-refractivity contribution >= 4 is 43.5 Å². The van der Waals surface area contributed by atoms with Gasteiger partial charge in [0.15, 0.2) is 5.03 Å². The normalized spacial score (nSPS) is 26.1. The van der Waals surface area contributed by atoms with Crippen LogP contribution in [-0.4, -0.2) is 47.4 Å². The van der Waals surface area contributed by atoms with Crippen molar-refractivity contribution in [3.63, 3.8) is 0 Å². The molecular formula is C31H37BrN6O3S. The number of sulfonamides is 1. The summed E-state index contributed by atoms with van der Waals surface area (Å²) in [6.45, 7) is 11.4. The predicted molar refractivity (Wildman–Crippen MR) is 166 cm³/mol. The molecule has 11 heteroatoms. The fourth-order valence-corrected chi connectivity index (χ4v) is 7.90. The van der Waals surface area contributed by atoms with Gasteiger partial charge in [-0.1, -0.05) is 26.8 Å². The van der Waals surface area contributed by atoms with Crippen molar-refractivity contribution in [2.24, 2.45) is 11.3 Å². The van der Waals surface area contributed by atoms with Crippen LogP contribution >= 0.6 is 15.9 Å². The van der Waals surface area contributed by atoms with Crippen LogP contribution in [-0.2, 0) is 21.9 Å². The van der Waals surface area contributed by atoms with E-state index in [9.17, 15) is 13.2 Å². The van der Waals surface area contributed by atoms with Crippen LogP contribution in [0.4, 0.5) is 11.6 Å². The number of rotatable bonds is 2. The predicted octanol–water partition coefficient (Wildman–Crippen LogP) is 5.47. The van der Waals surface area contributed by atoms with Gasteiger partial charge in [0.25, 0.3) is 15.9 Å². The third kappa shape index (κ3) is 5.53. The molecule has 4 bridgehead atoms. The van der Waals surface area contributed by atoms with E-state index in [2.05, 4.69) is 75.5 Å². The third-order valence-electron chi connectivity index (χ3n) is 8.88. The molecule has 6 rings (SSSR count). The second kappa shape index (κ2) is 10.0. The van der Waals surface area contributed by atoms with Crippen molar-refractivity contribution in [2.45, 2.75) is 82.3 Å². The molecule has 3 aliphatic rings. The zero-order chi connectivity index (χ0) is 30.1. The number of hydrogen-bond donors (Lipinski definition) is 2. The van der Waals surface area contributed by atoms with Gasteiger partial charge in [0.2, 0.25) is 0 Å². The van der Waals surface area contributed by atoms with E-state index in [-0.39, 0.29) is 33.0 Å². The summed E-state index contributed by atoms with van der Waals surface area (Å²) in [4.78, 5) is 29.9. The number of pyridine rings is 3. The van der Waals surface area contributed by atoms with E-state index in [1.807, 2.05) is 18.2 Å². The van der Waals surface area contributed by atoms with E-state index in [4.69, 9.17) is 4.98 Å². The molecule has 1 saturated carbocycles. The van der Waals surface area contributed by atoms with Crippen LogP contribution in [0.15, 0.2) is 58.2 Å². The lowest BCUT2D eigenvalue weighted by Crippen LogP contribution is -2.41. The molecule has 2 fully saturated rings. The van der Waals surface area contributed by atoms with Gasteiger partial charge in [-0.2, -0.15) is 8.42 Å². The van der Waals surface area contributed by atoms with Crippen molar-refractivity contribution in [3.05, 3.63) is 70.1 Å². The topological polar surface area (TPSA) is 117 Å². The second-order valence-corrected chi connectivity index (χ2v) is 16.2. The number of amides is 1. The van der Waals surface area contributed by atoms with Crippen LogP contribution in [0, 0.1) is 11.3 Å². The Hall–Kier alpha value is -3.05. The largest absolute Gasteiger partial charge is 0.367 e. The molecule has 3 aromatic heterocycles. The van der Waals surface area contributed by atoms with Gasteiger partial charge in [0.1, 0.15) is 11.6 Å². The Morgan fingerprint density at radius 1 is 1.10 bits per heavy atom. The number of nitrogens with one attached hydrogen (secondary N) is 2. The second-order valence-electron chi connectivity index (χ2n) is 13.7. The minimum atomic E-state index is -4.25.